The van der Waals surface area contributed by atoms with Crippen LogP contribution in [0.4, 0.5) is 0 Å². The maximum absolute atomic E-state index is 5.82. The number of hydrogen-bond acceptors (Lipinski definition) is 3. The molecule has 27 heavy (non-hydrogen) atoms. The van der Waals surface area contributed by atoms with Crippen molar-refractivity contribution < 1.29 is 0 Å². The number of benzene rings is 1. The second-order valence-corrected chi connectivity index (χ2v) is 6.37. The highest BCUT2D eigenvalue weighted by Crippen LogP contribution is 2.10. The minimum Gasteiger partial charge on any atom is -0.357 e. The number of aliphatic imine (C=N–C) groups is 1. The Morgan fingerprint density at radius 1 is 1.15 bits per heavy atom. The Morgan fingerprint density at radius 2 is 2.07 bits per heavy atom. The third-order valence-electron chi connectivity index (χ3n) is 3.94. The van der Waals surface area contributed by atoms with Crippen molar-refractivity contribution in [2.45, 2.75) is 19.9 Å². The lowest BCUT2D eigenvalue weighted by molar-refractivity contribution is 0.797. The highest BCUT2D eigenvalue weighted by Gasteiger charge is 2.01. The monoisotopic (exact) mass is 382 g/mol. The van der Waals surface area contributed by atoms with E-state index in [4.69, 9.17) is 11.6 Å². The molecule has 140 valence electrons. The van der Waals surface area contributed by atoms with Gasteiger partial charge in [-0.15, -0.1) is 0 Å². The Bertz CT molecular complexity index is 858. The molecular weight excluding hydrogens is 360 g/mol. The lowest BCUT2D eigenvalue weighted by Gasteiger charge is -2.11. The van der Waals surface area contributed by atoms with Crippen molar-refractivity contribution in [2.75, 3.05) is 13.1 Å². The van der Waals surface area contributed by atoms with E-state index in [-0.39, 0.29) is 0 Å². The Kier molecular flexibility index (Phi) is 6.82. The number of aromatic nitrogens is 3. The van der Waals surface area contributed by atoms with Crippen molar-refractivity contribution in [3.8, 4) is 5.69 Å². The average Bonchev–Trinajstić information content (AvgIpc) is 3.23. The summed E-state index contributed by atoms with van der Waals surface area (Å²) in [4.78, 5) is 8.78. The van der Waals surface area contributed by atoms with Gasteiger partial charge in [-0.25, -0.2) is 14.7 Å². The summed E-state index contributed by atoms with van der Waals surface area (Å²) in [6, 6.07) is 13.9. The van der Waals surface area contributed by atoms with Crippen molar-refractivity contribution >= 4 is 17.6 Å². The standard InChI is InChI=1S/C20H23ClN6/c1-2-22-20(23-11-9-16-7-8-19(21)24-14-16)25-15-17-5-3-6-18(13-17)27-12-4-10-26-27/h3-8,10,12-14H,2,9,11,15H2,1H3,(H2,22,23,25). The van der Waals surface area contributed by atoms with Gasteiger partial charge in [0.05, 0.1) is 12.2 Å². The molecule has 0 saturated heterocycles. The van der Waals surface area contributed by atoms with Gasteiger partial charge in [0.15, 0.2) is 5.96 Å². The van der Waals surface area contributed by atoms with Crippen molar-refractivity contribution in [1.82, 2.24) is 25.4 Å². The molecule has 0 aliphatic heterocycles. The SMILES string of the molecule is CCNC(=NCc1cccc(-n2cccn2)c1)NCCc1ccc(Cl)nc1. The van der Waals surface area contributed by atoms with E-state index >= 15 is 0 Å². The van der Waals surface area contributed by atoms with Gasteiger partial charge in [-0.1, -0.05) is 29.8 Å². The first kappa shape index (κ1) is 18.9. The third kappa shape index (κ3) is 5.82. The largest absolute Gasteiger partial charge is 0.357 e. The lowest BCUT2D eigenvalue weighted by atomic mass is 10.2. The van der Waals surface area contributed by atoms with E-state index in [1.807, 2.05) is 41.2 Å². The minimum atomic E-state index is 0.513. The highest BCUT2D eigenvalue weighted by molar-refractivity contribution is 6.29. The molecule has 0 bridgehead atoms. The molecule has 0 amide bonds. The molecule has 1 aromatic carbocycles. The topological polar surface area (TPSA) is 67.1 Å². The van der Waals surface area contributed by atoms with Gasteiger partial charge in [0, 0.05) is 31.7 Å². The van der Waals surface area contributed by atoms with Gasteiger partial charge >= 0.3 is 0 Å². The molecule has 0 spiro atoms. The molecule has 0 aliphatic rings. The summed E-state index contributed by atoms with van der Waals surface area (Å²) in [5.74, 6) is 0.795. The second kappa shape index (κ2) is 9.73. The highest BCUT2D eigenvalue weighted by atomic mass is 35.5. The van der Waals surface area contributed by atoms with Crippen LogP contribution in [0.15, 0.2) is 66.0 Å². The first-order valence-electron chi connectivity index (χ1n) is 8.96. The van der Waals surface area contributed by atoms with E-state index < -0.39 is 0 Å². The van der Waals surface area contributed by atoms with Crippen molar-refractivity contribution in [1.29, 1.82) is 0 Å². The van der Waals surface area contributed by atoms with Crippen LogP contribution in [0.2, 0.25) is 5.15 Å². The predicted molar refractivity (Wildman–Crippen MR) is 109 cm³/mol. The van der Waals surface area contributed by atoms with E-state index in [0.29, 0.717) is 11.7 Å². The van der Waals surface area contributed by atoms with Crippen LogP contribution in [0, 0.1) is 0 Å². The van der Waals surface area contributed by atoms with E-state index in [0.717, 1.165) is 42.3 Å². The van der Waals surface area contributed by atoms with Gasteiger partial charge in [-0.3, -0.25) is 0 Å². The van der Waals surface area contributed by atoms with Gasteiger partial charge in [-0.05, 0) is 48.7 Å². The number of rotatable bonds is 7. The van der Waals surface area contributed by atoms with Crippen LogP contribution >= 0.6 is 11.6 Å². The number of hydrogen-bond donors (Lipinski definition) is 2. The molecule has 2 heterocycles. The van der Waals surface area contributed by atoms with Crippen molar-refractivity contribution in [2.24, 2.45) is 4.99 Å². The van der Waals surface area contributed by atoms with Crippen molar-refractivity contribution in [3.05, 3.63) is 77.3 Å². The molecule has 0 aliphatic carbocycles. The summed E-state index contributed by atoms with van der Waals surface area (Å²) >= 11 is 5.82. The molecular formula is C20H23ClN6. The van der Waals surface area contributed by atoms with Crippen LogP contribution in [0.25, 0.3) is 5.69 Å². The third-order valence-corrected chi connectivity index (χ3v) is 4.16. The quantitative estimate of drug-likeness (QED) is 0.374. The van der Waals surface area contributed by atoms with Gasteiger partial charge in [-0.2, -0.15) is 5.10 Å². The zero-order chi connectivity index (χ0) is 18.9. The van der Waals surface area contributed by atoms with E-state index in [1.54, 1.807) is 12.4 Å². The Labute approximate surface area is 164 Å². The molecule has 2 aromatic heterocycles. The van der Waals surface area contributed by atoms with Crippen LogP contribution in [-0.2, 0) is 13.0 Å². The molecule has 3 rings (SSSR count). The van der Waals surface area contributed by atoms with Crippen LogP contribution in [-0.4, -0.2) is 33.8 Å². The zero-order valence-corrected chi connectivity index (χ0v) is 16.0. The zero-order valence-electron chi connectivity index (χ0n) is 15.3. The van der Waals surface area contributed by atoms with Crippen LogP contribution in [0.1, 0.15) is 18.1 Å². The van der Waals surface area contributed by atoms with Gasteiger partial charge in [0.25, 0.3) is 0 Å². The Morgan fingerprint density at radius 3 is 2.81 bits per heavy atom. The Balaban J connectivity index is 1.58. The van der Waals surface area contributed by atoms with Crippen molar-refractivity contribution in [3.63, 3.8) is 0 Å². The fraction of sp³-hybridized carbons (Fsp3) is 0.250. The molecule has 0 unspecified atom stereocenters. The van der Waals surface area contributed by atoms with E-state index in [2.05, 4.69) is 44.8 Å². The van der Waals surface area contributed by atoms with Crippen LogP contribution in [0.5, 0.6) is 0 Å². The molecule has 3 aromatic rings. The molecule has 0 atom stereocenters. The molecule has 0 radical (unpaired) electrons. The normalized spacial score (nSPS) is 11.4. The number of nitrogens with one attached hydrogen (secondary N) is 2. The Hall–Kier alpha value is -2.86. The number of pyridine rings is 1. The molecule has 0 fully saturated rings. The van der Waals surface area contributed by atoms with Gasteiger partial charge in [0.1, 0.15) is 5.15 Å². The molecule has 2 N–H and O–H groups in total. The molecule has 7 heteroatoms. The number of halogens is 1. The first-order chi connectivity index (χ1) is 13.2. The predicted octanol–water partition coefficient (Wildman–Crippen LogP) is 3.22. The average molecular weight is 383 g/mol. The maximum Gasteiger partial charge on any atom is 0.191 e. The number of guanidine groups is 1. The summed E-state index contributed by atoms with van der Waals surface area (Å²) in [7, 11) is 0. The smallest absolute Gasteiger partial charge is 0.191 e. The maximum atomic E-state index is 5.82. The van der Waals surface area contributed by atoms with Crippen LogP contribution < -0.4 is 10.6 Å². The summed E-state index contributed by atoms with van der Waals surface area (Å²) in [6.45, 7) is 4.22. The van der Waals surface area contributed by atoms with E-state index in [1.165, 1.54) is 0 Å². The fourth-order valence-corrected chi connectivity index (χ4v) is 2.72. The molecule has 6 nitrogen and oxygen atoms in total. The first-order valence-corrected chi connectivity index (χ1v) is 9.34. The lowest BCUT2D eigenvalue weighted by Crippen LogP contribution is -2.38. The second-order valence-electron chi connectivity index (χ2n) is 5.98. The van der Waals surface area contributed by atoms with E-state index in [9.17, 15) is 0 Å². The summed E-state index contributed by atoms with van der Waals surface area (Å²) in [6.07, 6.45) is 6.35. The van der Waals surface area contributed by atoms with Crippen LogP contribution in [0.3, 0.4) is 0 Å². The molecule has 0 saturated carbocycles. The minimum absolute atomic E-state index is 0.513. The summed E-state index contributed by atoms with van der Waals surface area (Å²) in [5, 5.41) is 11.4. The van der Waals surface area contributed by atoms with Gasteiger partial charge < -0.3 is 10.6 Å². The fourth-order valence-electron chi connectivity index (χ4n) is 2.61. The van der Waals surface area contributed by atoms with Gasteiger partial charge in [0.2, 0.25) is 0 Å². The number of nitrogens with zero attached hydrogens (tertiary/aromatic N) is 4. The summed E-state index contributed by atoms with van der Waals surface area (Å²) in [5.41, 5.74) is 3.29. The summed E-state index contributed by atoms with van der Waals surface area (Å²) < 4.78 is 1.84.